The number of hydrogen-bond donors (Lipinski definition) is 1. The molecule has 0 atom stereocenters. The summed E-state index contributed by atoms with van der Waals surface area (Å²) in [4.78, 5) is 25.6. The summed E-state index contributed by atoms with van der Waals surface area (Å²) >= 11 is 6.06. The summed E-state index contributed by atoms with van der Waals surface area (Å²) in [5, 5.41) is 3.50. The standard InChI is InChI=1S/C19H19ClN2O2/c20-17-5-2-1-4-15(17)12-18(23)21-13-14-7-9-16(10-8-14)22-11-3-6-19(22)24/h1-2,4-5,7-10H,3,6,11-13H2,(H,21,23). The molecule has 4 nitrogen and oxygen atoms in total. The lowest BCUT2D eigenvalue weighted by Gasteiger charge is -2.16. The normalized spacial score (nSPS) is 14.0. The third kappa shape index (κ3) is 3.95. The fourth-order valence-electron chi connectivity index (χ4n) is 2.79. The van der Waals surface area contributed by atoms with Crippen molar-refractivity contribution in [2.24, 2.45) is 0 Å². The number of carbonyl (C=O) groups is 2. The van der Waals surface area contributed by atoms with Crippen molar-refractivity contribution in [2.45, 2.75) is 25.8 Å². The maximum atomic E-state index is 12.0. The molecule has 0 aliphatic carbocycles. The van der Waals surface area contributed by atoms with E-state index in [0.29, 0.717) is 18.0 Å². The van der Waals surface area contributed by atoms with Crippen molar-refractivity contribution >= 4 is 29.1 Å². The lowest BCUT2D eigenvalue weighted by molar-refractivity contribution is -0.120. The van der Waals surface area contributed by atoms with Crippen LogP contribution >= 0.6 is 11.6 Å². The van der Waals surface area contributed by atoms with E-state index in [1.807, 2.05) is 42.5 Å². The molecule has 0 aromatic heterocycles. The molecule has 2 aromatic carbocycles. The first-order chi connectivity index (χ1) is 11.6. The van der Waals surface area contributed by atoms with E-state index in [-0.39, 0.29) is 18.2 Å². The van der Waals surface area contributed by atoms with Gasteiger partial charge < -0.3 is 10.2 Å². The zero-order valence-electron chi connectivity index (χ0n) is 13.3. The minimum absolute atomic E-state index is 0.0677. The largest absolute Gasteiger partial charge is 0.352 e. The van der Waals surface area contributed by atoms with Crippen LogP contribution in [0.1, 0.15) is 24.0 Å². The molecule has 1 aliphatic rings. The van der Waals surface area contributed by atoms with Crippen LogP contribution in [-0.2, 0) is 22.6 Å². The van der Waals surface area contributed by atoms with Gasteiger partial charge in [-0.25, -0.2) is 0 Å². The van der Waals surface area contributed by atoms with E-state index >= 15 is 0 Å². The molecule has 24 heavy (non-hydrogen) atoms. The Kier molecular flexibility index (Phi) is 5.16. The molecule has 1 N–H and O–H groups in total. The molecular weight excluding hydrogens is 324 g/mol. The lowest BCUT2D eigenvalue weighted by Crippen LogP contribution is -2.25. The van der Waals surface area contributed by atoms with Gasteiger partial charge in [-0.2, -0.15) is 0 Å². The van der Waals surface area contributed by atoms with Crippen molar-refractivity contribution in [2.75, 3.05) is 11.4 Å². The number of benzene rings is 2. The Labute approximate surface area is 146 Å². The second-order valence-electron chi connectivity index (χ2n) is 5.86. The predicted molar refractivity (Wildman–Crippen MR) is 95.0 cm³/mol. The van der Waals surface area contributed by atoms with Crippen LogP contribution in [0.15, 0.2) is 48.5 Å². The molecule has 1 saturated heterocycles. The Hall–Kier alpha value is -2.33. The van der Waals surface area contributed by atoms with Gasteiger partial charge in [0.05, 0.1) is 6.42 Å². The van der Waals surface area contributed by atoms with Gasteiger partial charge in [0.2, 0.25) is 11.8 Å². The van der Waals surface area contributed by atoms with E-state index in [4.69, 9.17) is 11.6 Å². The molecule has 0 radical (unpaired) electrons. The summed E-state index contributed by atoms with van der Waals surface area (Å²) in [6, 6.07) is 15.1. The molecular formula is C19H19ClN2O2. The number of anilines is 1. The number of amides is 2. The number of carbonyl (C=O) groups excluding carboxylic acids is 2. The number of rotatable bonds is 5. The third-order valence-electron chi connectivity index (χ3n) is 4.12. The second kappa shape index (κ2) is 7.49. The Bertz CT molecular complexity index is 743. The van der Waals surface area contributed by atoms with Crippen LogP contribution in [0.3, 0.4) is 0 Å². The van der Waals surface area contributed by atoms with Crippen molar-refractivity contribution in [1.82, 2.24) is 5.32 Å². The molecule has 1 fully saturated rings. The molecule has 2 aromatic rings. The zero-order chi connectivity index (χ0) is 16.9. The van der Waals surface area contributed by atoms with Gasteiger partial charge in [0.15, 0.2) is 0 Å². The van der Waals surface area contributed by atoms with E-state index in [1.165, 1.54) is 0 Å². The quantitative estimate of drug-likeness (QED) is 0.906. The summed E-state index contributed by atoms with van der Waals surface area (Å²) in [6.45, 7) is 1.24. The van der Waals surface area contributed by atoms with Crippen LogP contribution in [0.4, 0.5) is 5.69 Å². The highest BCUT2D eigenvalue weighted by Gasteiger charge is 2.21. The van der Waals surface area contributed by atoms with Crippen molar-refractivity contribution in [1.29, 1.82) is 0 Å². The van der Waals surface area contributed by atoms with Gasteiger partial charge in [-0.1, -0.05) is 41.9 Å². The Morgan fingerprint density at radius 2 is 1.88 bits per heavy atom. The highest BCUT2D eigenvalue weighted by molar-refractivity contribution is 6.31. The summed E-state index contributed by atoms with van der Waals surface area (Å²) in [5.41, 5.74) is 2.74. The summed E-state index contributed by atoms with van der Waals surface area (Å²) in [5.74, 6) is 0.109. The Morgan fingerprint density at radius 3 is 2.54 bits per heavy atom. The smallest absolute Gasteiger partial charge is 0.227 e. The molecule has 0 spiro atoms. The van der Waals surface area contributed by atoms with Crippen molar-refractivity contribution in [3.63, 3.8) is 0 Å². The van der Waals surface area contributed by atoms with Gasteiger partial charge in [0.25, 0.3) is 0 Å². The average molecular weight is 343 g/mol. The summed E-state index contributed by atoms with van der Waals surface area (Å²) in [7, 11) is 0. The molecule has 124 valence electrons. The van der Waals surface area contributed by atoms with Crippen molar-refractivity contribution < 1.29 is 9.59 Å². The van der Waals surface area contributed by atoms with E-state index in [9.17, 15) is 9.59 Å². The van der Waals surface area contributed by atoms with Gasteiger partial charge in [-0.3, -0.25) is 9.59 Å². The molecule has 1 aliphatic heterocycles. The van der Waals surface area contributed by atoms with Gasteiger partial charge in [0.1, 0.15) is 0 Å². The van der Waals surface area contributed by atoms with E-state index < -0.39 is 0 Å². The van der Waals surface area contributed by atoms with E-state index in [2.05, 4.69) is 5.32 Å². The second-order valence-corrected chi connectivity index (χ2v) is 6.27. The lowest BCUT2D eigenvalue weighted by atomic mass is 10.1. The summed E-state index contributed by atoms with van der Waals surface area (Å²) in [6.07, 6.45) is 1.80. The van der Waals surface area contributed by atoms with Gasteiger partial charge in [-0.15, -0.1) is 0 Å². The first kappa shape index (κ1) is 16.5. The fourth-order valence-corrected chi connectivity index (χ4v) is 3.00. The molecule has 0 unspecified atom stereocenters. The fraction of sp³-hybridized carbons (Fsp3) is 0.263. The van der Waals surface area contributed by atoms with E-state index in [1.54, 1.807) is 11.0 Å². The molecule has 5 heteroatoms. The highest BCUT2D eigenvalue weighted by atomic mass is 35.5. The first-order valence-electron chi connectivity index (χ1n) is 8.03. The Morgan fingerprint density at radius 1 is 1.12 bits per heavy atom. The predicted octanol–water partition coefficient (Wildman–Crippen LogP) is 3.33. The number of nitrogens with one attached hydrogen (secondary N) is 1. The van der Waals surface area contributed by atoms with Crippen LogP contribution in [0.2, 0.25) is 5.02 Å². The monoisotopic (exact) mass is 342 g/mol. The third-order valence-corrected chi connectivity index (χ3v) is 4.49. The number of nitrogens with zero attached hydrogens (tertiary/aromatic N) is 1. The average Bonchev–Trinajstić information content (AvgIpc) is 3.02. The van der Waals surface area contributed by atoms with Crippen LogP contribution < -0.4 is 10.2 Å². The van der Waals surface area contributed by atoms with E-state index in [0.717, 1.165) is 29.8 Å². The summed E-state index contributed by atoms with van der Waals surface area (Å²) < 4.78 is 0. The van der Waals surface area contributed by atoms with Gasteiger partial charge in [0, 0.05) is 30.2 Å². The van der Waals surface area contributed by atoms with Crippen LogP contribution in [0, 0.1) is 0 Å². The van der Waals surface area contributed by atoms with Gasteiger partial charge >= 0.3 is 0 Å². The topological polar surface area (TPSA) is 49.4 Å². The zero-order valence-corrected chi connectivity index (χ0v) is 14.1. The van der Waals surface area contributed by atoms with Crippen LogP contribution in [0.5, 0.6) is 0 Å². The molecule has 1 heterocycles. The first-order valence-corrected chi connectivity index (χ1v) is 8.41. The molecule has 3 rings (SSSR count). The number of hydrogen-bond acceptors (Lipinski definition) is 2. The minimum atomic E-state index is -0.0677. The number of halogens is 1. The van der Waals surface area contributed by atoms with Crippen molar-refractivity contribution in [3.05, 3.63) is 64.7 Å². The Balaban J connectivity index is 1.54. The van der Waals surface area contributed by atoms with Crippen LogP contribution in [-0.4, -0.2) is 18.4 Å². The van der Waals surface area contributed by atoms with Crippen LogP contribution in [0.25, 0.3) is 0 Å². The minimum Gasteiger partial charge on any atom is -0.352 e. The maximum absolute atomic E-state index is 12.0. The van der Waals surface area contributed by atoms with Crippen molar-refractivity contribution in [3.8, 4) is 0 Å². The molecule has 0 saturated carbocycles. The molecule has 0 bridgehead atoms. The SMILES string of the molecule is O=C(Cc1ccccc1Cl)NCc1ccc(N2CCCC2=O)cc1. The van der Waals surface area contributed by atoms with Gasteiger partial charge in [-0.05, 0) is 35.7 Å². The molecule has 2 amide bonds. The maximum Gasteiger partial charge on any atom is 0.227 e. The highest BCUT2D eigenvalue weighted by Crippen LogP contribution is 2.21.